The average molecular weight is 470 g/mol. The molecular weight excluding hydrogens is 449 g/mol. The van der Waals surface area contributed by atoms with Gasteiger partial charge in [-0.2, -0.15) is 10.2 Å². The summed E-state index contributed by atoms with van der Waals surface area (Å²) < 4.78 is 17.0. The van der Waals surface area contributed by atoms with Crippen LogP contribution in [0.1, 0.15) is 23.2 Å². The highest BCUT2D eigenvalue weighted by atomic mass is 35.5. The molecule has 10 nitrogen and oxygen atoms in total. The summed E-state index contributed by atoms with van der Waals surface area (Å²) in [5, 5.41) is 11.3. The molecule has 3 aromatic heterocycles. The Bertz CT molecular complexity index is 1290. The Hall–Kier alpha value is -3.86. The van der Waals surface area contributed by atoms with Gasteiger partial charge in [-0.1, -0.05) is 11.6 Å². The third-order valence-electron chi connectivity index (χ3n) is 4.81. The lowest BCUT2D eigenvalue weighted by molar-refractivity contribution is 0.204. The molecule has 33 heavy (non-hydrogen) atoms. The zero-order valence-corrected chi connectivity index (χ0v) is 19.0. The van der Waals surface area contributed by atoms with Crippen molar-refractivity contribution in [3.63, 3.8) is 0 Å². The van der Waals surface area contributed by atoms with Crippen LogP contribution in [0.15, 0.2) is 42.9 Å². The number of pyridine rings is 1. The average Bonchev–Trinajstić information content (AvgIpc) is 3.40. The smallest absolute Gasteiger partial charge is 0.317 e. The molecule has 170 valence electrons. The molecule has 4 aromatic rings. The minimum absolute atomic E-state index is 0.0151. The van der Waals surface area contributed by atoms with Crippen molar-refractivity contribution in [1.82, 2.24) is 44.7 Å². The molecule has 1 N–H and O–H groups in total. The summed E-state index contributed by atoms with van der Waals surface area (Å²) >= 11 is 5.77. The molecule has 0 saturated heterocycles. The summed E-state index contributed by atoms with van der Waals surface area (Å²) in [5.74, 6) is 0.950. The summed E-state index contributed by atoms with van der Waals surface area (Å²) in [6.07, 6.45) is 3.12. The van der Waals surface area contributed by atoms with E-state index in [9.17, 15) is 9.18 Å². The third kappa shape index (κ3) is 4.98. The van der Waals surface area contributed by atoms with Crippen molar-refractivity contribution in [3.8, 4) is 11.4 Å². The largest absolute Gasteiger partial charge is 0.331 e. The zero-order chi connectivity index (χ0) is 23.5. The molecule has 0 unspecified atom stereocenters. The van der Waals surface area contributed by atoms with Gasteiger partial charge in [-0.15, -0.1) is 0 Å². The first-order valence-corrected chi connectivity index (χ1v) is 10.4. The summed E-state index contributed by atoms with van der Waals surface area (Å²) in [7, 11) is 1.65. The molecule has 0 atom stereocenters. The molecule has 0 saturated carbocycles. The van der Waals surface area contributed by atoms with Gasteiger partial charge >= 0.3 is 6.03 Å². The van der Waals surface area contributed by atoms with Gasteiger partial charge in [0.2, 0.25) is 0 Å². The first kappa shape index (κ1) is 22.3. The maximum absolute atomic E-state index is 13.9. The van der Waals surface area contributed by atoms with Crippen LogP contribution < -0.4 is 5.32 Å². The van der Waals surface area contributed by atoms with Crippen molar-refractivity contribution in [2.75, 3.05) is 7.05 Å². The predicted octanol–water partition coefficient (Wildman–Crippen LogP) is 2.99. The Balaban J connectivity index is 1.44. The molecule has 12 heteroatoms. The molecule has 2 amide bonds. The monoisotopic (exact) mass is 469 g/mol. The Morgan fingerprint density at radius 3 is 2.64 bits per heavy atom. The van der Waals surface area contributed by atoms with Crippen molar-refractivity contribution in [1.29, 1.82) is 0 Å². The van der Waals surface area contributed by atoms with Gasteiger partial charge in [0.15, 0.2) is 11.6 Å². The van der Waals surface area contributed by atoms with E-state index in [0.717, 1.165) is 11.4 Å². The molecule has 0 bridgehead atoms. The maximum Gasteiger partial charge on any atom is 0.317 e. The van der Waals surface area contributed by atoms with Gasteiger partial charge in [-0.05, 0) is 38.1 Å². The van der Waals surface area contributed by atoms with Gasteiger partial charge in [0.05, 0.1) is 35.7 Å². The summed E-state index contributed by atoms with van der Waals surface area (Å²) in [6, 6.07) is 7.75. The van der Waals surface area contributed by atoms with Gasteiger partial charge in [0, 0.05) is 18.8 Å². The Morgan fingerprint density at radius 1 is 1.12 bits per heavy atom. The van der Waals surface area contributed by atoms with E-state index in [1.54, 1.807) is 30.9 Å². The molecule has 0 spiro atoms. The number of hydrogen-bond donors (Lipinski definition) is 1. The van der Waals surface area contributed by atoms with Crippen LogP contribution in [0.5, 0.6) is 0 Å². The van der Waals surface area contributed by atoms with E-state index in [1.165, 1.54) is 28.0 Å². The second kappa shape index (κ2) is 9.33. The van der Waals surface area contributed by atoms with E-state index in [1.807, 2.05) is 19.1 Å². The third-order valence-corrected chi connectivity index (χ3v) is 5.12. The molecular formula is C21H21ClFN9O. The Labute approximate surface area is 194 Å². The highest BCUT2D eigenvalue weighted by Crippen LogP contribution is 2.19. The lowest BCUT2D eigenvalue weighted by atomic mass is 10.3. The molecule has 3 heterocycles. The highest BCUT2D eigenvalue weighted by Gasteiger charge is 2.17. The number of halogens is 2. The van der Waals surface area contributed by atoms with Crippen molar-refractivity contribution < 1.29 is 9.18 Å². The quantitative estimate of drug-likeness (QED) is 0.465. The molecule has 4 rings (SSSR count). The number of nitrogens with zero attached hydrogens (tertiary/aromatic N) is 8. The van der Waals surface area contributed by atoms with Crippen LogP contribution in [0.4, 0.5) is 9.18 Å². The van der Waals surface area contributed by atoms with Crippen LogP contribution >= 0.6 is 11.6 Å². The van der Waals surface area contributed by atoms with Crippen LogP contribution in [-0.2, 0) is 13.1 Å². The fraction of sp³-hybridized carbons (Fsp3) is 0.238. The summed E-state index contributed by atoms with van der Waals surface area (Å²) in [4.78, 5) is 27.0. The predicted molar refractivity (Wildman–Crippen MR) is 119 cm³/mol. The minimum atomic E-state index is -0.565. The van der Waals surface area contributed by atoms with Crippen LogP contribution in [-0.4, -0.2) is 52.5 Å². The van der Waals surface area contributed by atoms with Crippen LogP contribution in [0, 0.1) is 19.7 Å². The van der Waals surface area contributed by atoms with Gasteiger partial charge in [0.25, 0.3) is 0 Å². The van der Waals surface area contributed by atoms with Gasteiger partial charge in [-0.25, -0.2) is 28.5 Å². The zero-order valence-electron chi connectivity index (χ0n) is 18.2. The summed E-state index contributed by atoms with van der Waals surface area (Å²) in [6.45, 7) is 3.92. The second-order valence-corrected chi connectivity index (χ2v) is 7.75. The first-order chi connectivity index (χ1) is 15.8. The van der Waals surface area contributed by atoms with E-state index in [0.29, 0.717) is 23.2 Å². The molecule has 0 fully saturated rings. The van der Waals surface area contributed by atoms with E-state index < -0.39 is 5.82 Å². The minimum Gasteiger partial charge on any atom is -0.331 e. The van der Waals surface area contributed by atoms with E-state index >= 15 is 0 Å². The number of rotatable bonds is 6. The van der Waals surface area contributed by atoms with E-state index in [4.69, 9.17) is 11.6 Å². The van der Waals surface area contributed by atoms with Crippen molar-refractivity contribution in [3.05, 3.63) is 76.9 Å². The number of benzene rings is 1. The fourth-order valence-corrected chi connectivity index (χ4v) is 3.26. The number of hydrogen-bond acceptors (Lipinski definition) is 6. The Morgan fingerprint density at radius 2 is 1.91 bits per heavy atom. The van der Waals surface area contributed by atoms with Crippen molar-refractivity contribution >= 4 is 17.6 Å². The molecule has 0 radical (unpaired) electrons. The van der Waals surface area contributed by atoms with Crippen molar-refractivity contribution in [2.24, 2.45) is 0 Å². The fourth-order valence-electron chi connectivity index (χ4n) is 3.14. The van der Waals surface area contributed by atoms with Gasteiger partial charge in [0.1, 0.15) is 18.0 Å². The highest BCUT2D eigenvalue weighted by molar-refractivity contribution is 6.30. The van der Waals surface area contributed by atoms with Crippen LogP contribution in [0.25, 0.3) is 11.4 Å². The number of carbonyl (C=O) groups is 1. The Kier molecular flexibility index (Phi) is 6.31. The molecule has 0 aliphatic heterocycles. The topological polar surface area (TPSA) is 107 Å². The lowest BCUT2D eigenvalue weighted by Gasteiger charge is -2.18. The van der Waals surface area contributed by atoms with Gasteiger partial charge in [-0.3, -0.25) is 4.98 Å². The number of nitrogens with one attached hydrogen (secondary N) is 1. The number of amides is 2. The molecule has 0 aliphatic rings. The standard InChI is InChI=1S/C21H21ClFN9O/c1-13-4-5-16(9-24-13)31-20(26-12-27-31)11-30(3)21(33)25-10-19-28-14(2)29-32(19)15-6-7-17(22)18(23)8-15/h4-9,12H,10-11H2,1-3H3,(H,25,33). The molecule has 1 aromatic carbocycles. The van der Waals surface area contributed by atoms with Crippen molar-refractivity contribution in [2.45, 2.75) is 26.9 Å². The second-order valence-electron chi connectivity index (χ2n) is 7.35. The van der Waals surface area contributed by atoms with E-state index in [2.05, 4.69) is 30.5 Å². The number of carbonyl (C=O) groups excluding carboxylic acids is 1. The lowest BCUT2D eigenvalue weighted by Crippen LogP contribution is -2.37. The van der Waals surface area contributed by atoms with Gasteiger partial charge < -0.3 is 10.2 Å². The normalized spacial score (nSPS) is 10.9. The number of aromatic nitrogens is 7. The van der Waals surface area contributed by atoms with Crippen LogP contribution in [0.2, 0.25) is 5.02 Å². The number of urea groups is 1. The summed E-state index contributed by atoms with van der Waals surface area (Å²) in [5.41, 5.74) is 2.09. The van der Waals surface area contributed by atoms with E-state index in [-0.39, 0.29) is 24.1 Å². The first-order valence-electron chi connectivity index (χ1n) is 10.0. The van der Waals surface area contributed by atoms with Crippen LogP contribution in [0.3, 0.4) is 0 Å². The maximum atomic E-state index is 13.9. The SMILES string of the molecule is Cc1ccc(-n2ncnc2CN(C)C(=O)NCc2nc(C)nn2-c2ccc(Cl)c(F)c2)cn1. The number of aryl methyl sites for hydroxylation is 2. The molecule has 0 aliphatic carbocycles.